The minimum Gasteiger partial charge on any atom is -0.460 e. The number of rotatable bonds is 10. The van der Waals surface area contributed by atoms with Crippen LogP contribution in [0.4, 0.5) is 0 Å². The monoisotopic (exact) mass is 638 g/mol. The van der Waals surface area contributed by atoms with Crippen molar-refractivity contribution in [1.29, 1.82) is 0 Å². The lowest BCUT2D eigenvalue weighted by Crippen LogP contribution is -2.30. The van der Waals surface area contributed by atoms with Gasteiger partial charge in [0.25, 0.3) is 0 Å². The van der Waals surface area contributed by atoms with Crippen molar-refractivity contribution in [2.75, 3.05) is 0 Å². The number of furan rings is 1. The van der Waals surface area contributed by atoms with Crippen LogP contribution in [0.2, 0.25) is 0 Å². The Morgan fingerprint density at radius 2 is 1.45 bits per heavy atom. The summed E-state index contributed by atoms with van der Waals surface area (Å²) >= 11 is 0. The Kier molecular flexibility index (Phi) is 9.52. The second-order valence-electron chi connectivity index (χ2n) is 12.8. The zero-order valence-electron chi connectivity index (χ0n) is 28.3. The van der Waals surface area contributed by atoms with Crippen LogP contribution < -0.4 is 5.32 Å². The predicted octanol–water partition coefficient (Wildman–Crippen LogP) is 11.4. The molecule has 0 saturated carbocycles. The second kappa shape index (κ2) is 14.6. The van der Waals surface area contributed by atoms with E-state index in [0.717, 1.165) is 69.7 Å². The van der Waals surface area contributed by atoms with Crippen molar-refractivity contribution in [1.82, 2.24) is 5.32 Å². The molecule has 242 valence electrons. The molecule has 1 heterocycles. The largest absolute Gasteiger partial charge is 0.460 e. The summed E-state index contributed by atoms with van der Waals surface area (Å²) < 4.78 is 6.69. The fourth-order valence-electron chi connectivity index (χ4n) is 6.84. The van der Waals surface area contributed by atoms with Crippen molar-refractivity contribution in [3.05, 3.63) is 197 Å². The molecule has 5 aromatic rings. The summed E-state index contributed by atoms with van der Waals surface area (Å²) in [5.74, 6) is 1.03. The maximum Gasteiger partial charge on any atom is 0.145 e. The van der Waals surface area contributed by atoms with Gasteiger partial charge in [0.15, 0.2) is 0 Å². The van der Waals surface area contributed by atoms with Gasteiger partial charge in [0, 0.05) is 40.3 Å². The molecule has 0 spiro atoms. The van der Waals surface area contributed by atoms with E-state index in [-0.39, 0.29) is 5.92 Å². The minimum atomic E-state index is -0.415. The zero-order valence-corrected chi connectivity index (χ0v) is 28.3. The van der Waals surface area contributed by atoms with Crippen molar-refractivity contribution in [2.45, 2.75) is 39.3 Å². The van der Waals surface area contributed by atoms with Crippen molar-refractivity contribution in [2.24, 2.45) is 10.9 Å². The summed E-state index contributed by atoms with van der Waals surface area (Å²) in [7, 11) is 0. The summed E-state index contributed by atoms with van der Waals surface area (Å²) in [5.41, 5.74) is 12.0. The molecule has 0 aliphatic heterocycles. The first-order valence-corrected chi connectivity index (χ1v) is 17.2. The van der Waals surface area contributed by atoms with Gasteiger partial charge in [0.1, 0.15) is 17.5 Å². The van der Waals surface area contributed by atoms with Crippen molar-refractivity contribution >= 4 is 33.5 Å². The number of aliphatic imine (C=N–C) groups is 1. The third-order valence-corrected chi connectivity index (χ3v) is 9.46. The molecular formula is C46H42N2O. The Morgan fingerprint density at radius 3 is 2.14 bits per heavy atom. The standard InChI is InChI=1S/C46H42N2O/c1-32(35-18-8-4-9-19-35)28-29-40(38-24-14-7-15-25-38)39-30-42(45-41-26-16-17-27-43(41)49-44(45)31-39)46(47-33(2)36-20-10-5-11-21-36)48-34(3)37-22-12-6-13-23-37/h5-8,10-30,39,46-47H,2,4,9,31H2,1,3H3/b32-28+,40-29+,48-34+. The van der Waals surface area contributed by atoms with Gasteiger partial charge in [-0.3, -0.25) is 4.99 Å². The molecule has 7 rings (SSSR count). The quantitative estimate of drug-likeness (QED) is 0.122. The smallest absolute Gasteiger partial charge is 0.145 e. The van der Waals surface area contributed by atoms with Gasteiger partial charge in [-0.25, -0.2) is 0 Å². The van der Waals surface area contributed by atoms with E-state index in [9.17, 15) is 0 Å². The average molecular weight is 639 g/mol. The summed E-state index contributed by atoms with van der Waals surface area (Å²) in [6.45, 7) is 8.77. The maximum atomic E-state index is 6.69. The molecule has 0 bridgehead atoms. The Balaban J connectivity index is 1.40. The van der Waals surface area contributed by atoms with Crippen molar-refractivity contribution in [3.63, 3.8) is 0 Å². The van der Waals surface area contributed by atoms with Gasteiger partial charge in [-0.1, -0.05) is 152 Å². The number of hydrogen-bond acceptors (Lipinski definition) is 3. The highest BCUT2D eigenvalue weighted by Crippen LogP contribution is 2.43. The lowest BCUT2D eigenvalue weighted by molar-refractivity contribution is 0.525. The Hall–Kier alpha value is -5.67. The molecule has 0 radical (unpaired) electrons. The van der Waals surface area contributed by atoms with E-state index < -0.39 is 6.17 Å². The fourth-order valence-corrected chi connectivity index (χ4v) is 6.84. The predicted molar refractivity (Wildman–Crippen MR) is 207 cm³/mol. The topological polar surface area (TPSA) is 37.5 Å². The summed E-state index contributed by atoms with van der Waals surface area (Å²) in [6.07, 6.45) is 16.4. The van der Waals surface area contributed by atoms with Gasteiger partial charge in [0.2, 0.25) is 0 Å². The van der Waals surface area contributed by atoms with Crippen LogP contribution >= 0.6 is 0 Å². The van der Waals surface area contributed by atoms with E-state index in [1.54, 1.807) is 0 Å². The molecule has 4 aromatic carbocycles. The highest BCUT2D eigenvalue weighted by molar-refractivity contribution is 6.01. The Bertz CT molecular complexity index is 2140. The van der Waals surface area contributed by atoms with Crippen LogP contribution in [0.3, 0.4) is 0 Å². The third-order valence-electron chi connectivity index (χ3n) is 9.46. The van der Waals surface area contributed by atoms with Crippen LogP contribution in [0.15, 0.2) is 179 Å². The average Bonchev–Trinajstić information content (AvgIpc) is 3.54. The van der Waals surface area contributed by atoms with Gasteiger partial charge >= 0.3 is 0 Å². The molecule has 3 nitrogen and oxygen atoms in total. The molecule has 0 amide bonds. The number of benzene rings is 4. The summed E-state index contributed by atoms with van der Waals surface area (Å²) in [4.78, 5) is 5.41. The first-order chi connectivity index (χ1) is 24.0. The van der Waals surface area contributed by atoms with E-state index in [1.165, 1.54) is 22.3 Å². The maximum absolute atomic E-state index is 6.69. The SMILES string of the molecule is C=C(NC(/N=C(\C)c1ccccc1)C1=CC(/C(=C/C=C(\C)C2=CCCC=C2)c2ccccc2)Cc2oc3ccccc3c21)c1ccccc1. The Labute approximate surface area is 290 Å². The molecule has 2 atom stereocenters. The normalized spacial score (nSPS) is 17.3. The van der Waals surface area contributed by atoms with E-state index in [2.05, 4.69) is 147 Å². The zero-order chi connectivity index (χ0) is 33.6. The van der Waals surface area contributed by atoms with Crippen LogP contribution in [0.25, 0.3) is 27.8 Å². The first-order valence-electron chi connectivity index (χ1n) is 17.2. The van der Waals surface area contributed by atoms with E-state index in [0.29, 0.717) is 0 Å². The number of para-hydroxylation sites is 1. The molecule has 1 aromatic heterocycles. The van der Waals surface area contributed by atoms with Crippen LogP contribution in [0, 0.1) is 5.92 Å². The molecule has 0 fully saturated rings. The number of nitrogens with one attached hydrogen (secondary N) is 1. The second-order valence-corrected chi connectivity index (χ2v) is 12.8. The molecule has 2 aliphatic rings. The lowest BCUT2D eigenvalue weighted by atomic mass is 9.80. The molecule has 0 saturated heterocycles. The molecule has 2 unspecified atom stereocenters. The summed E-state index contributed by atoms with van der Waals surface area (Å²) in [5, 5.41) is 4.85. The summed E-state index contributed by atoms with van der Waals surface area (Å²) in [6, 6.07) is 39.7. The molecule has 2 aliphatic carbocycles. The highest BCUT2D eigenvalue weighted by atomic mass is 16.3. The van der Waals surface area contributed by atoms with Gasteiger partial charge in [-0.2, -0.15) is 0 Å². The number of hydrogen-bond donors (Lipinski definition) is 1. The minimum absolute atomic E-state index is 0.0481. The lowest BCUT2D eigenvalue weighted by Gasteiger charge is -2.28. The molecular weight excluding hydrogens is 597 g/mol. The van der Waals surface area contributed by atoms with Crippen LogP contribution in [0.1, 0.15) is 54.7 Å². The van der Waals surface area contributed by atoms with E-state index in [1.807, 2.05) is 30.3 Å². The third kappa shape index (κ3) is 7.12. The van der Waals surface area contributed by atoms with E-state index >= 15 is 0 Å². The van der Waals surface area contributed by atoms with E-state index in [4.69, 9.17) is 9.41 Å². The highest BCUT2D eigenvalue weighted by Gasteiger charge is 2.32. The van der Waals surface area contributed by atoms with Crippen molar-refractivity contribution < 1.29 is 4.42 Å². The van der Waals surface area contributed by atoms with Gasteiger partial charge in [-0.15, -0.1) is 0 Å². The van der Waals surface area contributed by atoms with Crippen LogP contribution in [0.5, 0.6) is 0 Å². The fraction of sp³-hybridized carbons (Fsp3) is 0.152. The number of nitrogens with zero attached hydrogens (tertiary/aromatic N) is 1. The van der Waals surface area contributed by atoms with Gasteiger partial charge < -0.3 is 9.73 Å². The number of fused-ring (bicyclic) bond motifs is 3. The van der Waals surface area contributed by atoms with Gasteiger partial charge in [-0.05, 0) is 66.2 Å². The van der Waals surface area contributed by atoms with Crippen LogP contribution in [-0.2, 0) is 6.42 Å². The first kappa shape index (κ1) is 31.9. The molecule has 49 heavy (non-hydrogen) atoms. The number of allylic oxidation sites excluding steroid dienone is 9. The van der Waals surface area contributed by atoms with Crippen LogP contribution in [-0.4, -0.2) is 11.9 Å². The Morgan fingerprint density at radius 1 is 0.796 bits per heavy atom. The molecule has 1 N–H and O–H groups in total. The van der Waals surface area contributed by atoms with Crippen molar-refractivity contribution in [3.8, 4) is 0 Å². The molecule has 3 heteroatoms. The van der Waals surface area contributed by atoms with Gasteiger partial charge in [0.05, 0.1) is 0 Å².